The van der Waals surface area contributed by atoms with Crippen molar-refractivity contribution in [1.82, 2.24) is 10.2 Å². The van der Waals surface area contributed by atoms with Crippen LogP contribution in [0.2, 0.25) is 5.02 Å². The van der Waals surface area contributed by atoms with Gasteiger partial charge in [0, 0.05) is 25.0 Å². The summed E-state index contributed by atoms with van der Waals surface area (Å²) < 4.78 is 34.7. The smallest absolute Gasteiger partial charge is 0.264 e. The number of nitrogens with zero attached hydrogens (tertiary/aromatic N) is 2. The zero-order valence-electron chi connectivity index (χ0n) is 24.2. The minimum absolute atomic E-state index is 0.0119. The fraction of sp³-hybridized carbons (Fsp3) is 0.212. The molecule has 0 saturated carbocycles. The molecule has 0 heterocycles. The van der Waals surface area contributed by atoms with Crippen molar-refractivity contribution in [2.24, 2.45) is 0 Å². The van der Waals surface area contributed by atoms with Crippen LogP contribution in [0.15, 0.2) is 108 Å². The lowest BCUT2D eigenvalue weighted by Gasteiger charge is -2.34. The number of likely N-dealkylation sites (N-methyl/N-ethyl adjacent to an activating group) is 1. The normalized spacial score (nSPS) is 11.8. The number of ether oxygens (including phenoxy) is 1. The van der Waals surface area contributed by atoms with Gasteiger partial charge in [0.1, 0.15) is 18.3 Å². The quantitative estimate of drug-likeness (QED) is 0.234. The van der Waals surface area contributed by atoms with Crippen molar-refractivity contribution < 1.29 is 22.7 Å². The summed E-state index contributed by atoms with van der Waals surface area (Å²) in [5.41, 5.74) is 2.74. The summed E-state index contributed by atoms with van der Waals surface area (Å²) in [7, 11) is -1.35. The molecule has 8 nitrogen and oxygen atoms in total. The Morgan fingerprint density at radius 3 is 2.16 bits per heavy atom. The van der Waals surface area contributed by atoms with Gasteiger partial charge in [-0.15, -0.1) is 0 Å². The zero-order chi connectivity index (χ0) is 31.0. The second-order valence-corrected chi connectivity index (χ2v) is 12.3. The molecule has 2 amide bonds. The summed E-state index contributed by atoms with van der Waals surface area (Å²) in [5.74, 6) is -0.732. The average Bonchev–Trinajstić information content (AvgIpc) is 3.02. The number of carbonyl (C=O) groups is 2. The van der Waals surface area contributed by atoms with Crippen LogP contribution in [0.4, 0.5) is 5.69 Å². The van der Waals surface area contributed by atoms with Crippen LogP contribution in [0, 0.1) is 6.92 Å². The van der Waals surface area contributed by atoms with Crippen LogP contribution in [-0.4, -0.2) is 51.9 Å². The van der Waals surface area contributed by atoms with Crippen molar-refractivity contribution in [3.05, 3.63) is 125 Å². The van der Waals surface area contributed by atoms with Crippen LogP contribution in [0.1, 0.15) is 16.7 Å². The van der Waals surface area contributed by atoms with Crippen molar-refractivity contribution in [2.45, 2.75) is 30.8 Å². The number of rotatable bonds is 12. The Balaban J connectivity index is 1.83. The summed E-state index contributed by atoms with van der Waals surface area (Å²) >= 11 is 6.31. The molecule has 0 aliphatic heterocycles. The first-order valence-corrected chi connectivity index (χ1v) is 15.5. The number of halogens is 1. The second kappa shape index (κ2) is 14.2. The lowest BCUT2D eigenvalue weighted by molar-refractivity contribution is -0.139. The molecule has 0 aliphatic carbocycles. The van der Waals surface area contributed by atoms with E-state index in [4.69, 9.17) is 16.3 Å². The van der Waals surface area contributed by atoms with Gasteiger partial charge in [0.25, 0.3) is 10.0 Å². The van der Waals surface area contributed by atoms with E-state index in [1.54, 1.807) is 30.3 Å². The lowest BCUT2D eigenvalue weighted by atomic mass is 10.0. The maximum absolute atomic E-state index is 14.4. The molecule has 224 valence electrons. The van der Waals surface area contributed by atoms with Gasteiger partial charge in [-0.3, -0.25) is 13.9 Å². The van der Waals surface area contributed by atoms with E-state index in [1.807, 2.05) is 61.5 Å². The summed E-state index contributed by atoms with van der Waals surface area (Å²) in [4.78, 5) is 29.2. The minimum atomic E-state index is -4.28. The zero-order valence-corrected chi connectivity index (χ0v) is 25.8. The van der Waals surface area contributed by atoms with Crippen LogP contribution in [0.5, 0.6) is 5.75 Å². The summed E-state index contributed by atoms with van der Waals surface area (Å²) in [5, 5.41) is 2.95. The average molecular weight is 620 g/mol. The highest BCUT2D eigenvalue weighted by atomic mass is 35.5. The van der Waals surface area contributed by atoms with Gasteiger partial charge in [-0.05, 0) is 48.4 Å². The molecule has 4 aromatic carbocycles. The Morgan fingerprint density at radius 2 is 1.53 bits per heavy atom. The number of amides is 2. The molecule has 10 heteroatoms. The topological polar surface area (TPSA) is 96.0 Å². The van der Waals surface area contributed by atoms with E-state index in [9.17, 15) is 18.0 Å². The maximum Gasteiger partial charge on any atom is 0.264 e. The fourth-order valence-electron chi connectivity index (χ4n) is 4.82. The van der Waals surface area contributed by atoms with Gasteiger partial charge in [0.2, 0.25) is 11.8 Å². The molecule has 0 saturated heterocycles. The Bertz CT molecular complexity index is 1670. The molecule has 1 atom stereocenters. The Hall–Kier alpha value is -4.34. The van der Waals surface area contributed by atoms with Gasteiger partial charge in [-0.25, -0.2) is 8.42 Å². The third-order valence-electron chi connectivity index (χ3n) is 6.97. The van der Waals surface area contributed by atoms with Gasteiger partial charge >= 0.3 is 0 Å². The van der Waals surface area contributed by atoms with E-state index in [0.717, 1.165) is 21.0 Å². The largest absolute Gasteiger partial charge is 0.495 e. The van der Waals surface area contributed by atoms with E-state index >= 15 is 0 Å². The van der Waals surface area contributed by atoms with Crippen LogP contribution in [0.3, 0.4) is 0 Å². The molecule has 0 fully saturated rings. The summed E-state index contributed by atoms with van der Waals surface area (Å²) in [6.07, 6.45) is 0.226. The monoisotopic (exact) mass is 619 g/mol. The molecule has 4 rings (SSSR count). The number of hydrogen-bond acceptors (Lipinski definition) is 5. The van der Waals surface area contributed by atoms with Crippen molar-refractivity contribution in [2.75, 3.05) is 25.0 Å². The minimum Gasteiger partial charge on any atom is -0.495 e. The number of carbonyl (C=O) groups excluding carboxylic acids is 2. The first kappa shape index (κ1) is 31.6. The van der Waals surface area contributed by atoms with Crippen molar-refractivity contribution in [3.8, 4) is 5.75 Å². The molecule has 0 aliphatic rings. The van der Waals surface area contributed by atoms with Gasteiger partial charge in [-0.1, -0.05) is 90.0 Å². The summed E-state index contributed by atoms with van der Waals surface area (Å²) in [6, 6.07) is 28.4. The van der Waals surface area contributed by atoms with Crippen LogP contribution in [-0.2, 0) is 32.6 Å². The Kier molecular flexibility index (Phi) is 10.4. The molecular weight excluding hydrogens is 586 g/mol. The Labute approximate surface area is 257 Å². The number of aryl methyl sites for hydroxylation is 1. The molecule has 1 N–H and O–H groups in total. The molecule has 0 unspecified atom stereocenters. The number of hydrogen-bond donors (Lipinski definition) is 1. The predicted molar refractivity (Wildman–Crippen MR) is 169 cm³/mol. The molecule has 0 radical (unpaired) electrons. The summed E-state index contributed by atoms with van der Waals surface area (Å²) in [6.45, 7) is 1.41. The third-order valence-corrected chi connectivity index (χ3v) is 8.98. The molecule has 0 aromatic heterocycles. The molecule has 0 spiro atoms. The maximum atomic E-state index is 14.4. The number of sulfonamides is 1. The van der Waals surface area contributed by atoms with E-state index in [1.165, 1.54) is 37.3 Å². The Morgan fingerprint density at radius 1 is 0.884 bits per heavy atom. The van der Waals surface area contributed by atoms with Crippen LogP contribution in [0.25, 0.3) is 0 Å². The van der Waals surface area contributed by atoms with Gasteiger partial charge in [0.05, 0.1) is 17.7 Å². The fourth-order valence-corrected chi connectivity index (χ4v) is 6.42. The van der Waals surface area contributed by atoms with E-state index in [0.29, 0.717) is 0 Å². The molecule has 4 aromatic rings. The highest BCUT2D eigenvalue weighted by Gasteiger charge is 2.35. The first-order valence-electron chi connectivity index (χ1n) is 13.7. The first-order chi connectivity index (χ1) is 20.6. The number of nitrogens with one attached hydrogen (secondary N) is 1. The lowest BCUT2D eigenvalue weighted by Crippen LogP contribution is -2.53. The number of methoxy groups -OCH3 is 1. The van der Waals surface area contributed by atoms with Gasteiger partial charge in [-0.2, -0.15) is 0 Å². The SMILES string of the molecule is CNC(=O)[C@H](Cc1ccccc1)N(Cc1cccc(C)c1)C(=O)CN(c1cc(Cl)ccc1OC)S(=O)(=O)c1ccccc1. The van der Waals surface area contributed by atoms with Gasteiger partial charge < -0.3 is 15.0 Å². The van der Waals surface area contributed by atoms with Crippen molar-refractivity contribution >= 4 is 39.1 Å². The van der Waals surface area contributed by atoms with Crippen molar-refractivity contribution in [1.29, 1.82) is 0 Å². The van der Waals surface area contributed by atoms with Gasteiger partial charge in [0.15, 0.2) is 0 Å². The highest BCUT2D eigenvalue weighted by Crippen LogP contribution is 2.35. The van der Waals surface area contributed by atoms with E-state index in [-0.39, 0.29) is 40.2 Å². The van der Waals surface area contributed by atoms with Crippen molar-refractivity contribution in [3.63, 3.8) is 0 Å². The molecular formula is C33H34ClN3O5S. The molecule has 0 bridgehead atoms. The standard InChI is InChI=1S/C33H34ClN3O5S/c1-24-11-10-14-26(19-24)22-36(30(33(39)35-2)20-25-12-6-4-7-13-25)32(38)23-37(29-21-27(34)17-18-31(29)42-3)43(40,41)28-15-8-5-9-16-28/h4-19,21,30H,20,22-23H2,1-3H3,(H,35,39)/t30-/m0/s1. The highest BCUT2D eigenvalue weighted by molar-refractivity contribution is 7.92. The number of benzene rings is 4. The third kappa shape index (κ3) is 7.74. The van der Waals surface area contributed by atoms with E-state index in [2.05, 4.69) is 5.32 Å². The van der Waals surface area contributed by atoms with Crippen LogP contribution >= 0.6 is 11.6 Å². The van der Waals surface area contributed by atoms with E-state index < -0.39 is 28.5 Å². The number of anilines is 1. The molecule has 43 heavy (non-hydrogen) atoms. The predicted octanol–water partition coefficient (Wildman–Crippen LogP) is 5.24. The second-order valence-electron chi connectivity index (χ2n) is 9.97. The van der Waals surface area contributed by atoms with Crippen LogP contribution < -0.4 is 14.4 Å².